The van der Waals surface area contributed by atoms with Crippen molar-refractivity contribution < 1.29 is 10.2 Å². The van der Waals surface area contributed by atoms with E-state index in [2.05, 4.69) is 0 Å². The molecule has 1 rings (SSSR count). The minimum atomic E-state index is -0.692. The van der Waals surface area contributed by atoms with E-state index in [1.165, 1.54) is 12.1 Å². The molecule has 0 aliphatic rings. The third-order valence-corrected chi connectivity index (χ3v) is 2.54. The van der Waals surface area contributed by atoms with Crippen molar-refractivity contribution in [1.82, 2.24) is 0 Å². The number of benzene rings is 1. The lowest BCUT2D eigenvalue weighted by Gasteiger charge is -2.23. The second-order valence-corrected chi connectivity index (χ2v) is 4.51. The zero-order valence-corrected chi connectivity index (χ0v) is 9.47. The van der Waals surface area contributed by atoms with E-state index in [-0.39, 0.29) is 18.1 Å². The minimum absolute atomic E-state index is 0.00549. The Balaban J connectivity index is 3.17. The molecule has 3 N–H and O–H groups in total. The molecule has 0 spiro atoms. The lowest BCUT2D eigenvalue weighted by atomic mass is 9.84. The van der Waals surface area contributed by atoms with Crippen molar-refractivity contribution in [3.8, 4) is 5.75 Å². The molecule has 0 saturated carbocycles. The van der Waals surface area contributed by atoms with Crippen LogP contribution in [0.25, 0.3) is 0 Å². The summed E-state index contributed by atoms with van der Waals surface area (Å²) >= 11 is 5.78. The molecular weight excluding hydrogens is 214 g/mol. The third-order valence-electron chi connectivity index (χ3n) is 2.30. The predicted molar refractivity (Wildman–Crippen MR) is 60.8 cm³/mol. The van der Waals surface area contributed by atoms with E-state index < -0.39 is 5.41 Å². The Morgan fingerprint density at radius 3 is 2.60 bits per heavy atom. The zero-order chi connectivity index (χ0) is 11.6. The van der Waals surface area contributed by atoms with Crippen LogP contribution >= 0.6 is 11.6 Å². The van der Waals surface area contributed by atoms with Gasteiger partial charge in [-0.25, -0.2) is 0 Å². The van der Waals surface area contributed by atoms with Crippen molar-refractivity contribution in [3.63, 3.8) is 0 Å². The average molecular weight is 228 g/mol. The molecule has 0 saturated heterocycles. The van der Waals surface area contributed by atoms with E-state index in [4.69, 9.17) is 22.1 Å². The summed E-state index contributed by atoms with van der Waals surface area (Å²) < 4.78 is 0. The molecule has 82 valence electrons. The first-order valence-electron chi connectivity index (χ1n) is 4.57. The highest BCUT2D eigenvalue weighted by Gasteiger charge is 2.26. The van der Waals surface area contributed by atoms with Crippen molar-refractivity contribution in [2.24, 2.45) is 5.41 Å². The van der Waals surface area contributed by atoms with Gasteiger partial charge in [-0.1, -0.05) is 25.4 Å². The molecule has 0 aromatic heterocycles. The standard InChI is InChI=1S/C11H14ClNO2/c1-11(2,6-14)10(13)8-5-7(12)3-4-9(8)15/h3-5,13-15H,6H2,1-2H3. The van der Waals surface area contributed by atoms with Gasteiger partial charge in [0.25, 0.3) is 0 Å². The van der Waals surface area contributed by atoms with Crippen molar-refractivity contribution in [2.45, 2.75) is 13.8 Å². The van der Waals surface area contributed by atoms with Crippen LogP contribution < -0.4 is 0 Å². The molecule has 0 atom stereocenters. The van der Waals surface area contributed by atoms with Gasteiger partial charge in [0.2, 0.25) is 0 Å². The molecule has 0 amide bonds. The zero-order valence-electron chi connectivity index (χ0n) is 8.71. The van der Waals surface area contributed by atoms with Gasteiger partial charge in [-0.3, -0.25) is 0 Å². The van der Waals surface area contributed by atoms with Gasteiger partial charge in [0.05, 0.1) is 12.3 Å². The average Bonchev–Trinajstić information content (AvgIpc) is 2.20. The van der Waals surface area contributed by atoms with E-state index in [1.54, 1.807) is 19.9 Å². The highest BCUT2D eigenvalue weighted by atomic mass is 35.5. The first kappa shape index (κ1) is 12.0. The van der Waals surface area contributed by atoms with Gasteiger partial charge in [-0.05, 0) is 18.2 Å². The summed E-state index contributed by atoms with van der Waals surface area (Å²) in [5.74, 6) is 0.00549. The number of hydrogen-bond donors (Lipinski definition) is 3. The molecule has 0 aliphatic carbocycles. The molecule has 0 aliphatic heterocycles. The molecule has 4 heteroatoms. The van der Waals surface area contributed by atoms with Crippen molar-refractivity contribution in [2.75, 3.05) is 6.61 Å². The van der Waals surface area contributed by atoms with Gasteiger partial charge >= 0.3 is 0 Å². The van der Waals surface area contributed by atoms with E-state index in [9.17, 15) is 5.11 Å². The Morgan fingerprint density at radius 1 is 1.47 bits per heavy atom. The molecule has 0 fully saturated rings. The first-order chi connectivity index (χ1) is 6.88. The van der Waals surface area contributed by atoms with Crippen LogP contribution in [0.2, 0.25) is 5.02 Å². The number of aromatic hydroxyl groups is 1. The summed E-state index contributed by atoms with van der Waals surface area (Å²) in [7, 11) is 0. The highest BCUT2D eigenvalue weighted by molar-refractivity contribution is 6.31. The summed E-state index contributed by atoms with van der Waals surface area (Å²) in [5.41, 5.74) is -0.158. The number of halogens is 1. The molecule has 0 unspecified atom stereocenters. The number of nitrogens with one attached hydrogen (secondary N) is 1. The smallest absolute Gasteiger partial charge is 0.124 e. The molecule has 1 aromatic carbocycles. The largest absolute Gasteiger partial charge is 0.507 e. The Morgan fingerprint density at radius 2 is 2.07 bits per heavy atom. The molecule has 0 bridgehead atoms. The second kappa shape index (κ2) is 4.21. The SMILES string of the molecule is CC(C)(CO)C(=N)c1cc(Cl)ccc1O. The summed E-state index contributed by atoms with van der Waals surface area (Å²) in [6.07, 6.45) is 0. The maximum atomic E-state index is 9.58. The fraction of sp³-hybridized carbons (Fsp3) is 0.364. The Kier molecular flexibility index (Phi) is 3.37. The van der Waals surface area contributed by atoms with Gasteiger partial charge in [0.1, 0.15) is 5.75 Å². The van der Waals surface area contributed by atoms with Crippen LogP contribution in [0, 0.1) is 10.8 Å². The number of aliphatic hydroxyl groups excluding tert-OH is 1. The highest BCUT2D eigenvalue weighted by Crippen LogP contribution is 2.28. The maximum absolute atomic E-state index is 9.58. The lowest BCUT2D eigenvalue weighted by Crippen LogP contribution is -2.28. The van der Waals surface area contributed by atoms with Crippen LogP contribution in [0.15, 0.2) is 18.2 Å². The topological polar surface area (TPSA) is 64.3 Å². The third kappa shape index (κ3) is 2.49. The molecule has 3 nitrogen and oxygen atoms in total. The van der Waals surface area contributed by atoms with Gasteiger partial charge in [-0.2, -0.15) is 0 Å². The quantitative estimate of drug-likeness (QED) is 0.695. The Hall–Kier alpha value is -1.06. The molecule has 15 heavy (non-hydrogen) atoms. The summed E-state index contributed by atoms with van der Waals surface area (Å²) in [5, 5.41) is 27.1. The predicted octanol–water partition coefficient (Wildman–Crippen LogP) is 2.43. The number of phenols is 1. The number of hydrogen-bond acceptors (Lipinski definition) is 3. The monoisotopic (exact) mass is 227 g/mol. The normalized spacial score (nSPS) is 11.5. The Bertz CT molecular complexity index is 388. The van der Waals surface area contributed by atoms with E-state index in [0.717, 1.165) is 0 Å². The number of rotatable bonds is 3. The lowest BCUT2D eigenvalue weighted by molar-refractivity contribution is 0.213. The molecule has 0 radical (unpaired) electrons. The number of aliphatic hydroxyl groups is 1. The fourth-order valence-corrected chi connectivity index (χ4v) is 1.32. The van der Waals surface area contributed by atoms with Crippen LogP contribution in [-0.2, 0) is 0 Å². The van der Waals surface area contributed by atoms with Gasteiger partial charge in [-0.15, -0.1) is 0 Å². The second-order valence-electron chi connectivity index (χ2n) is 4.08. The van der Waals surface area contributed by atoms with E-state index in [0.29, 0.717) is 10.6 Å². The summed E-state index contributed by atoms with van der Waals surface area (Å²) in [6, 6.07) is 4.52. The van der Waals surface area contributed by atoms with Gasteiger partial charge in [0.15, 0.2) is 0 Å². The molecule has 0 heterocycles. The van der Waals surface area contributed by atoms with Gasteiger partial charge < -0.3 is 15.6 Å². The fourth-order valence-electron chi connectivity index (χ4n) is 1.15. The summed E-state index contributed by atoms with van der Waals surface area (Å²) in [6.45, 7) is 3.31. The van der Waals surface area contributed by atoms with Crippen LogP contribution in [0.4, 0.5) is 0 Å². The molecular formula is C11H14ClNO2. The van der Waals surface area contributed by atoms with Crippen molar-refractivity contribution in [1.29, 1.82) is 5.41 Å². The van der Waals surface area contributed by atoms with Crippen LogP contribution in [-0.4, -0.2) is 22.5 Å². The minimum Gasteiger partial charge on any atom is -0.507 e. The maximum Gasteiger partial charge on any atom is 0.124 e. The van der Waals surface area contributed by atoms with Crippen LogP contribution in [0.3, 0.4) is 0 Å². The summed E-state index contributed by atoms with van der Waals surface area (Å²) in [4.78, 5) is 0. The van der Waals surface area contributed by atoms with Gasteiger partial charge in [0, 0.05) is 16.0 Å². The van der Waals surface area contributed by atoms with Crippen molar-refractivity contribution in [3.05, 3.63) is 28.8 Å². The van der Waals surface area contributed by atoms with E-state index in [1.807, 2.05) is 0 Å². The number of phenolic OH excluding ortho intramolecular Hbond substituents is 1. The molecule has 1 aromatic rings. The first-order valence-corrected chi connectivity index (χ1v) is 4.95. The Labute approximate surface area is 93.8 Å². The van der Waals surface area contributed by atoms with Crippen LogP contribution in [0.5, 0.6) is 5.75 Å². The van der Waals surface area contributed by atoms with Crippen molar-refractivity contribution >= 4 is 17.3 Å². The van der Waals surface area contributed by atoms with E-state index >= 15 is 0 Å². The van der Waals surface area contributed by atoms with Crippen LogP contribution in [0.1, 0.15) is 19.4 Å².